The standard InChI is InChI=1S/C12H14N2O2/c1-8-3-4-10-9(2)13-14(11(10)7-8)6-5-12(15)16/h3-4,7H,5-6H2,1-2H3,(H,15,16). The lowest BCUT2D eigenvalue weighted by Gasteiger charge is -2.01. The van der Waals surface area contributed by atoms with E-state index in [-0.39, 0.29) is 6.42 Å². The third-order valence-electron chi connectivity index (χ3n) is 2.63. The van der Waals surface area contributed by atoms with E-state index < -0.39 is 5.97 Å². The molecule has 1 aromatic heterocycles. The van der Waals surface area contributed by atoms with Gasteiger partial charge in [0.1, 0.15) is 0 Å². The van der Waals surface area contributed by atoms with Crippen LogP contribution in [0.3, 0.4) is 0 Å². The molecule has 1 heterocycles. The van der Waals surface area contributed by atoms with Gasteiger partial charge in [-0.1, -0.05) is 12.1 Å². The lowest BCUT2D eigenvalue weighted by atomic mass is 10.1. The van der Waals surface area contributed by atoms with Gasteiger partial charge >= 0.3 is 5.97 Å². The first-order chi connectivity index (χ1) is 7.58. The second kappa shape index (κ2) is 3.96. The number of aliphatic carboxylic acids is 1. The van der Waals surface area contributed by atoms with Crippen molar-refractivity contribution in [2.45, 2.75) is 26.8 Å². The van der Waals surface area contributed by atoms with E-state index in [4.69, 9.17) is 5.11 Å². The Morgan fingerprint density at radius 2 is 2.19 bits per heavy atom. The van der Waals surface area contributed by atoms with E-state index in [1.165, 1.54) is 0 Å². The molecule has 0 aliphatic heterocycles. The van der Waals surface area contributed by atoms with Crippen LogP contribution in [0, 0.1) is 13.8 Å². The number of rotatable bonds is 3. The van der Waals surface area contributed by atoms with Crippen molar-refractivity contribution in [1.82, 2.24) is 9.78 Å². The molecule has 0 bridgehead atoms. The summed E-state index contributed by atoms with van der Waals surface area (Å²) in [4.78, 5) is 10.5. The van der Waals surface area contributed by atoms with E-state index in [0.29, 0.717) is 6.54 Å². The summed E-state index contributed by atoms with van der Waals surface area (Å²) in [5, 5.41) is 14.1. The summed E-state index contributed by atoms with van der Waals surface area (Å²) in [6, 6.07) is 6.11. The van der Waals surface area contributed by atoms with E-state index >= 15 is 0 Å². The number of aryl methyl sites for hydroxylation is 3. The van der Waals surface area contributed by atoms with Gasteiger partial charge in [0.2, 0.25) is 0 Å². The number of nitrogens with zero attached hydrogens (tertiary/aromatic N) is 2. The van der Waals surface area contributed by atoms with Crippen molar-refractivity contribution in [3.05, 3.63) is 29.5 Å². The summed E-state index contributed by atoms with van der Waals surface area (Å²) in [7, 11) is 0. The zero-order chi connectivity index (χ0) is 11.7. The number of hydrogen-bond acceptors (Lipinski definition) is 2. The Bertz CT molecular complexity index is 543. The zero-order valence-electron chi connectivity index (χ0n) is 9.40. The van der Waals surface area contributed by atoms with Crippen LogP contribution < -0.4 is 0 Å². The van der Waals surface area contributed by atoms with Crippen molar-refractivity contribution >= 4 is 16.9 Å². The average molecular weight is 218 g/mol. The lowest BCUT2D eigenvalue weighted by Crippen LogP contribution is -2.05. The monoisotopic (exact) mass is 218 g/mol. The molecule has 0 unspecified atom stereocenters. The van der Waals surface area contributed by atoms with Crippen LogP contribution in [0.4, 0.5) is 0 Å². The molecule has 0 radical (unpaired) electrons. The first-order valence-corrected chi connectivity index (χ1v) is 5.23. The summed E-state index contributed by atoms with van der Waals surface area (Å²) in [6.45, 7) is 4.38. The number of carboxylic acids is 1. The minimum Gasteiger partial charge on any atom is -0.481 e. The molecule has 16 heavy (non-hydrogen) atoms. The molecule has 4 nitrogen and oxygen atoms in total. The summed E-state index contributed by atoms with van der Waals surface area (Å²) >= 11 is 0. The van der Waals surface area contributed by atoms with Crippen molar-refractivity contribution in [1.29, 1.82) is 0 Å². The first kappa shape index (κ1) is 10.7. The van der Waals surface area contributed by atoms with Crippen molar-refractivity contribution in [3.63, 3.8) is 0 Å². The molecule has 0 aliphatic carbocycles. The number of carboxylic acid groups (broad SMARTS) is 1. The summed E-state index contributed by atoms with van der Waals surface area (Å²) in [5.41, 5.74) is 3.11. The Kier molecular flexibility index (Phi) is 2.64. The number of hydrogen-bond donors (Lipinski definition) is 1. The maximum Gasteiger partial charge on any atom is 0.305 e. The average Bonchev–Trinajstić information content (AvgIpc) is 2.52. The molecule has 0 spiro atoms. The van der Waals surface area contributed by atoms with E-state index in [1.54, 1.807) is 4.68 Å². The first-order valence-electron chi connectivity index (χ1n) is 5.23. The Hall–Kier alpha value is -1.84. The largest absolute Gasteiger partial charge is 0.481 e. The van der Waals surface area contributed by atoms with Gasteiger partial charge in [0.15, 0.2) is 0 Å². The second-order valence-corrected chi connectivity index (χ2v) is 3.97. The van der Waals surface area contributed by atoms with Gasteiger partial charge in [0, 0.05) is 5.39 Å². The highest BCUT2D eigenvalue weighted by Crippen LogP contribution is 2.19. The molecule has 0 atom stereocenters. The third-order valence-corrected chi connectivity index (χ3v) is 2.63. The molecule has 0 saturated heterocycles. The smallest absolute Gasteiger partial charge is 0.305 e. The molecule has 0 aliphatic rings. The Morgan fingerprint density at radius 1 is 1.44 bits per heavy atom. The maximum atomic E-state index is 10.5. The number of benzene rings is 1. The van der Waals surface area contributed by atoms with Gasteiger partial charge in [-0.3, -0.25) is 9.48 Å². The van der Waals surface area contributed by atoms with Crippen LogP contribution in [0.5, 0.6) is 0 Å². The molecule has 1 aromatic carbocycles. The van der Waals surface area contributed by atoms with E-state index in [2.05, 4.69) is 5.10 Å². The number of fused-ring (bicyclic) bond motifs is 1. The van der Waals surface area contributed by atoms with Crippen molar-refractivity contribution in [2.24, 2.45) is 0 Å². The molecule has 84 valence electrons. The van der Waals surface area contributed by atoms with Crippen molar-refractivity contribution < 1.29 is 9.90 Å². The van der Waals surface area contributed by atoms with E-state index in [0.717, 1.165) is 22.2 Å². The van der Waals surface area contributed by atoms with E-state index in [1.807, 2.05) is 32.0 Å². The molecule has 2 rings (SSSR count). The van der Waals surface area contributed by atoms with Crippen molar-refractivity contribution in [3.8, 4) is 0 Å². The molecular weight excluding hydrogens is 204 g/mol. The fourth-order valence-electron chi connectivity index (χ4n) is 1.82. The molecule has 0 amide bonds. The molecule has 4 heteroatoms. The second-order valence-electron chi connectivity index (χ2n) is 3.97. The number of carbonyl (C=O) groups is 1. The lowest BCUT2D eigenvalue weighted by molar-refractivity contribution is -0.137. The minimum atomic E-state index is -0.797. The maximum absolute atomic E-state index is 10.5. The summed E-state index contributed by atoms with van der Waals surface area (Å²) in [6.07, 6.45) is 0.101. The molecular formula is C12H14N2O2. The van der Waals surface area contributed by atoms with E-state index in [9.17, 15) is 4.79 Å². The van der Waals surface area contributed by atoms with Crippen LogP contribution >= 0.6 is 0 Å². The molecule has 0 fully saturated rings. The molecule has 2 aromatic rings. The van der Waals surface area contributed by atoms with Gasteiger partial charge in [-0.25, -0.2) is 0 Å². The normalized spacial score (nSPS) is 10.9. The zero-order valence-corrected chi connectivity index (χ0v) is 9.40. The van der Waals surface area contributed by atoms with Crippen molar-refractivity contribution in [2.75, 3.05) is 0 Å². The minimum absolute atomic E-state index is 0.101. The van der Waals surface area contributed by atoms with Crippen LogP contribution in [0.1, 0.15) is 17.7 Å². The fourth-order valence-corrected chi connectivity index (χ4v) is 1.82. The van der Waals surface area contributed by atoms with Crippen LogP contribution in [0.2, 0.25) is 0 Å². The van der Waals surface area contributed by atoms with Gasteiger partial charge in [-0.2, -0.15) is 5.10 Å². The van der Waals surface area contributed by atoms with Crippen LogP contribution in [0.15, 0.2) is 18.2 Å². The summed E-state index contributed by atoms with van der Waals surface area (Å²) in [5.74, 6) is -0.797. The highest BCUT2D eigenvalue weighted by molar-refractivity contribution is 5.82. The summed E-state index contributed by atoms with van der Waals surface area (Å²) < 4.78 is 1.77. The van der Waals surface area contributed by atoms with Gasteiger partial charge in [-0.15, -0.1) is 0 Å². The Labute approximate surface area is 93.5 Å². The Balaban J connectivity index is 2.44. The predicted octanol–water partition coefficient (Wildman–Crippen LogP) is 2.13. The quantitative estimate of drug-likeness (QED) is 0.858. The Morgan fingerprint density at radius 3 is 2.88 bits per heavy atom. The topological polar surface area (TPSA) is 55.1 Å². The van der Waals surface area contributed by atoms with Gasteiger partial charge in [-0.05, 0) is 25.5 Å². The SMILES string of the molecule is Cc1ccc2c(C)nn(CCC(=O)O)c2c1. The van der Waals surface area contributed by atoms with Crippen LogP contribution in [0.25, 0.3) is 10.9 Å². The van der Waals surface area contributed by atoms with Gasteiger partial charge in [0.05, 0.1) is 24.2 Å². The highest BCUT2D eigenvalue weighted by atomic mass is 16.4. The molecule has 1 N–H and O–H groups in total. The third kappa shape index (κ3) is 1.91. The molecule has 0 saturated carbocycles. The fraction of sp³-hybridized carbons (Fsp3) is 0.333. The number of aromatic nitrogens is 2. The van der Waals surface area contributed by atoms with Crippen LogP contribution in [-0.2, 0) is 11.3 Å². The highest BCUT2D eigenvalue weighted by Gasteiger charge is 2.08. The van der Waals surface area contributed by atoms with Crippen LogP contribution in [-0.4, -0.2) is 20.9 Å². The van der Waals surface area contributed by atoms with Gasteiger partial charge in [0.25, 0.3) is 0 Å². The predicted molar refractivity (Wildman–Crippen MR) is 61.5 cm³/mol. The van der Waals surface area contributed by atoms with Gasteiger partial charge < -0.3 is 5.11 Å².